The monoisotopic (exact) mass is 520 g/mol. The fourth-order valence-electron chi connectivity index (χ4n) is 5.09. The molecule has 36 heavy (non-hydrogen) atoms. The van der Waals surface area contributed by atoms with Gasteiger partial charge < -0.3 is 19.3 Å². The van der Waals surface area contributed by atoms with E-state index in [9.17, 15) is 18.0 Å². The molecule has 5 rings (SSSR count). The topological polar surface area (TPSA) is 57.2 Å². The Morgan fingerprint density at radius 1 is 1.03 bits per heavy atom. The van der Waals surface area contributed by atoms with Crippen molar-refractivity contribution < 1.29 is 22.1 Å². The van der Waals surface area contributed by atoms with Crippen LogP contribution in [0.25, 0.3) is 0 Å². The van der Waals surface area contributed by atoms with E-state index < -0.39 is 22.9 Å². The molecule has 0 aromatic heterocycles. The molecular formula is C26H31F3N4O2S. The van der Waals surface area contributed by atoms with Gasteiger partial charge in [-0.1, -0.05) is 6.92 Å². The fraction of sp³-hybridized carbons (Fsp3) is 0.500. The van der Waals surface area contributed by atoms with Crippen LogP contribution in [-0.2, 0) is 15.4 Å². The quantitative estimate of drug-likeness (QED) is 0.586. The molecule has 1 N–H and O–H groups in total. The van der Waals surface area contributed by atoms with Gasteiger partial charge in [0.1, 0.15) is 0 Å². The molecule has 0 aliphatic carbocycles. The van der Waals surface area contributed by atoms with Crippen molar-refractivity contribution in [3.8, 4) is 0 Å². The van der Waals surface area contributed by atoms with Gasteiger partial charge in [-0.3, -0.25) is 0 Å². The highest BCUT2D eigenvalue weighted by Crippen LogP contribution is 2.46. The largest absolute Gasteiger partial charge is 0.492 e. The summed E-state index contributed by atoms with van der Waals surface area (Å²) in [6.07, 6.45) is -1.29. The summed E-state index contributed by atoms with van der Waals surface area (Å²) in [5.41, 5.74) is 4.30. The molecule has 1 atom stereocenters. The van der Waals surface area contributed by atoms with Gasteiger partial charge in [0.25, 0.3) is 0 Å². The number of nitrogens with zero attached hydrogens (tertiary/aromatic N) is 3. The summed E-state index contributed by atoms with van der Waals surface area (Å²) in [4.78, 5) is 22.1. The van der Waals surface area contributed by atoms with Crippen molar-refractivity contribution in [3.63, 3.8) is 0 Å². The minimum Gasteiger partial charge on any atom is -0.388 e. The van der Waals surface area contributed by atoms with Gasteiger partial charge in [0.2, 0.25) is 0 Å². The van der Waals surface area contributed by atoms with Crippen molar-refractivity contribution in [1.29, 1.82) is 0 Å². The summed E-state index contributed by atoms with van der Waals surface area (Å²) >= 11 is 0. The SMILES string of the molecule is CCc1cc(N2CCCNCC2)cc2c1N=c1c(C)cc(N3CCCC3)cc1=S2OC(=O)C(F)(F)F. The molecule has 2 saturated heterocycles. The normalized spacial score (nSPS) is 19.9. The number of hydrogen-bond donors (Lipinski definition) is 1. The molecule has 3 heterocycles. The van der Waals surface area contributed by atoms with E-state index in [1.54, 1.807) is 0 Å². The van der Waals surface area contributed by atoms with Crippen LogP contribution >= 0.6 is 10.8 Å². The number of carbonyl (C=O) groups is 1. The minimum atomic E-state index is -5.08. The zero-order valence-corrected chi connectivity index (χ0v) is 21.4. The number of nitrogens with one attached hydrogen (secondary N) is 1. The van der Waals surface area contributed by atoms with Crippen LogP contribution < -0.4 is 20.5 Å². The predicted octanol–water partition coefficient (Wildman–Crippen LogP) is 4.82. The van der Waals surface area contributed by atoms with E-state index in [1.807, 2.05) is 32.0 Å². The Morgan fingerprint density at radius 2 is 1.72 bits per heavy atom. The Morgan fingerprint density at radius 3 is 2.44 bits per heavy atom. The number of benzene rings is 2. The zero-order valence-electron chi connectivity index (χ0n) is 20.6. The maximum absolute atomic E-state index is 13.4. The molecular weight excluding hydrogens is 489 g/mol. The third-order valence-corrected chi connectivity index (χ3v) is 8.70. The van der Waals surface area contributed by atoms with Crippen LogP contribution in [0, 0.1) is 11.4 Å². The highest BCUT2D eigenvalue weighted by Gasteiger charge is 2.42. The van der Waals surface area contributed by atoms with Gasteiger partial charge in [-0.2, -0.15) is 13.2 Å². The number of halogens is 3. The molecule has 10 heteroatoms. The van der Waals surface area contributed by atoms with Gasteiger partial charge in [-0.15, -0.1) is 0 Å². The van der Waals surface area contributed by atoms with E-state index in [0.717, 1.165) is 81.0 Å². The standard InChI is InChI=1S/C26H31F3N4O2S/c1-3-18-14-20(33-11-6-7-30-8-12-33)16-22-24(18)31-23-17(2)13-19(32-9-4-5-10-32)15-21(23)36(22)35-25(34)26(27,28)29/h13-16,30H,3-12H2,1-2H3. The summed E-state index contributed by atoms with van der Waals surface area (Å²) in [5.74, 6) is -2.17. The Hall–Kier alpha value is -2.59. The van der Waals surface area contributed by atoms with Crippen LogP contribution in [0.1, 0.15) is 37.3 Å². The second kappa shape index (κ2) is 10.0. The number of hydrogen-bond acceptors (Lipinski definition) is 6. The lowest BCUT2D eigenvalue weighted by Crippen LogP contribution is -2.28. The lowest BCUT2D eigenvalue weighted by atomic mass is 10.1. The first kappa shape index (κ1) is 25.1. The lowest BCUT2D eigenvalue weighted by Gasteiger charge is -2.27. The second-order valence-corrected chi connectivity index (χ2v) is 11.0. The molecule has 6 nitrogen and oxygen atoms in total. The summed E-state index contributed by atoms with van der Waals surface area (Å²) in [6, 6.07) is 7.88. The van der Waals surface area contributed by atoms with Crippen LogP contribution in [-0.4, -0.2) is 51.4 Å². The van der Waals surface area contributed by atoms with E-state index in [-0.39, 0.29) is 0 Å². The molecule has 0 saturated carbocycles. The molecule has 1 unspecified atom stereocenters. The minimum absolute atomic E-state index is 0.540. The fourth-order valence-corrected chi connectivity index (χ4v) is 6.94. The molecule has 0 spiro atoms. The second-order valence-electron chi connectivity index (χ2n) is 9.45. The van der Waals surface area contributed by atoms with Crippen LogP contribution in [0.4, 0.5) is 30.2 Å². The molecule has 194 valence electrons. The first-order chi connectivity index (χ1) is 17.3. The maximum atomic E-state index is 13.4. The van der Waals surface area contributed by atoms with E-state index >= 15 is 0 Å². The highest BCUT2D eigenvalue weighted by molar-refractivity contribution is 8.05. The number of fused-ring (bicyclic) bond motifs is 2. The van der Waals surface area contributed by atoms with Crippen LogP contribution in [0.3, 0.4) is 0 Å². The number of alkyl halides is 3. The molecule has 3 aliphatic heterocycles. The Kier molecular flexibility index (Phi) is 7.00. The Balaban J connectivity index is 1.74. The summed E-state index contributed by atoms with van der Waals surface area (Å²) in [5, 5.41) is 3.99. The predicted molar refractivity (Wildman–Crippen MR) is 136 cm³/mol. The zero-order chi connectivity index (χ0) is 25.4. The molecule has 2 aromatic rings. The van der Waals surface area contributed by atoms with Crippen LogP contribution in [0.15, 0.2) is 34.2 Å². The molecule has 0 radical (unpaired) electrons. The van der Waals surface area contributed by atoms with Crippen molar-refractivity contribution in [3.05, 3.63) is 45.3 Å². The van der Waals surface area contributed by atoms with E-state index in [1.165, 1.54) is 0 Å². The summed E-state index contributed by atoms with van der Waals surface area (Å²) < 4.78 is 46.1. The first-order valence-corrected chi connectivity index (χ1v) is 13.7. The van der Waals surface area contributed by atoms with Crippen molar-refractivity contribution in [2.24, 2.45) is 4.99 Å². The smallest absolute Gasteiger partial charge is 0.388 e. The maximum Gasteiger partial charge on any atom is 0.492 e. The third kappa shape index (κ3) is 4.85. The molecule has 2 fully saturated rings. The average Bonchev–Trinajstić information content (AvgIpc) is 3.25. The van der Waals surface area contributed by atoms with Crippen molar-refractivity contribution in [2.75, 3.05) is 49.1 Å². The van der Waals surface area contributed by atoms with Crippen LogP contribution in [0.2, 0.25) is 0 Å². The lowest BCUT2D eigenvalue weighted by molar-refractivity contribution is -0.188. The number of carbonyl (C=O) groups excluding carboxylic acids is 1. The number of rotatable bonds is 4. The van der Waals surface area contributed by atoms with Gasteiger partial charge in [0, 0.05) is 54.9 Å². The summed E-state index contributed by atoms with van der Waals surface area (Å²) in [7, 11) is -1.55. The van der Waals surface area contributed by atoms with Crippen molar-refractivity contribution in [2.45, 2.75) is 50.6 Å². The number of aryl methyl sites for hydroxylation is 2. The van der Waals surface area contributed by atoms with E-state index in [0.29, 0.717) is 26.9 Å². The first-order valence-electron chi connectivity index (χ1n) is 12.5. The molecule has 2 aromatic carbocycles. The van der Waals surface area contributed by atoms with Crippen molar-refractivity contribution in [1.82, 2.24) is 5.32 Å². The van der Waals surface area contributed by atoms with Crippen molar-refractivity contribution >= 4 is 33.8 Å². The van der Waals surface area contributed by atoms with Gasteiger partial charge in [-0.05, 0) is 74.5 Å². The van der Waals surface area contributed by atoms with Crippen LogP contribution in [0.5, 0.6) is 0 Å². The molecule has 3 aliphatic rings. The molecule has 0 bridgehead atoms. The van der Waals surface area contributed by atoms with E-state index in [4.69, 9.17) is 9.18 Å². The van der Waals surface area contributed by atoms with Gasteiger partial charge in [-0.25, -0.2) is 9.79 Å². The van der Waals surface area contributed by atoms with Gasteiger partial charge >= 0.3 is 12.1 Å². The van der Waals surface area contributed by atoms with Gasteiger partial charge in [0.15, 0.2) is 0 Å². The van der Waals surface area contributed by atoms with Gasteiger partial charge in [0.05, 0.1) is 20.5 Å². The Bertz CT molecular complexity index is 1300. The summed E-state index contributed by atoms with van der Waals surface area (Å²) in [6.45, 7) is 9.13. The Labute approximate surface area is 211 Å². The van der Waals surface area contributed by atoms with E-state index in [2.05, 4.69) is 21.2 Å². The molecule has 0 amide bonds. The highest BCUT2D eigenvalue weighted by atomic mass is 32.2. The number of anilines is 2. The average molecular weight is 521 g/mol. The third-order valence-electron chi connectivity index (χ3n) is 6.96.